The number of amides is 1. The topological polar surface area (TPSA) is 115 Å². The Morgan fingerprint density at radius 2 is 1.93 bits per heavy atom. The lowest BCUT2D eigenvalue weighted by molar-refractivity contribution is -0.255. The van der Waals surface area contributed by atoms with Crippen LogP contribution in [-0.4, -0.2) is 11.9 Å². The molecule has 1 N–H and O–H groups in total. The van der Waals surface area contributed by atoms with Crippen LogP contribution in [0.2, 0.25) is 0 Å². The van der Waals surface area contributed by atoms with Gasteiger partial charge in [0.1, 0.15) is 29.8 Å². The lowest BCUT2D eigenvalue weighted by Gasteiger charge is -2.09. The van der Waals surface area contributed by atoms with Gasteiger partial charge >= 0.3 is 0 Å². The van der Waals surface area contributed by atoms with Gasteiger partial charge in [-0.1, -0.05) is 30.3 Å². The fourth-order valence-electron chi connectivity index (χ4n) is 2.61. The first kappa shape index (κ1) is 20.4. The maximum absolute atomic E-state index is 12.2. The maximum atomic E-state index is 12.2. The lowest BCUT2D eigenvalue weighted by Crippen LogP contribution is -2.23. The SMILES string of the molecule is N#C/C(=C\c1ccc(OCc2cccc(C(=O)[O-])c2)cc1)C(=O)NCc1ccco1. The quantitative estimate of drug-likeness (QED) is 0.458. The number of carboxylic acid groups (broad SMARTS) is 1. The number of nitriles is 1. The van der Waals surface area contributed by atoms with Crippen molar-refractivity contribution in [2.24, 2.45) is 0 Å². The number of nitrogens with one attached hydrogen (secondary N) is 1. The van der Waals surface area contributed by atoms with Crippen LogP contribution in [0.3, 0.4) is 0 Å². The molecular formula is C23H17N2O5-. The number of carbonyl (C=O) groups excluding carboxylic acids is 2. The largest absolute Gasteiger partial charge is 0.545 e. The van der Waals surface area contributed by atoms with Crippen molar-refractivity contribution in [3.05, 3.63) is 95.0 Å². The van der Waals surface area contributed by atoms with Crippen molar-refractivity contribution in [2.45, 2.75) is 13.2 Å². The number of aromatic carboxylic acids is 1. The molecule has 150 valence electrons. The molecule has 3 rings (SSSR count). The van der Waals surface area contributed by atoms with E-state index in [-0.39, 0.29) is 24.3 Å². The van der Waals surface area contributed by atoms with Crippen LogP contribution in [0.25, 0.3) is 6.08 Å². The molecule has 0 saturated carbocycles. The number of carbonyl (C=O) groups is 2. The zero-order chi connectivity index (χ0) is 21.3. The van der Waals surface area contributed by atoms with Gasteiger partial charge in [0, 0.05) is 0 Å². The number of hydrogen-bond acceptors (Lipinski definition) is 6. The van der Waals surface area contributed by atoms with Gasteiger partial charge in [0.05, 0.1) is 18.8 Å². The average Bonchev–Trinajstić information content (AvgIpc) is 3.29. The second kappa shape index (κ2) is 9.75. The Bertz CT molecular complexity index is 1090. The molecule has 0 bridgehead atoms. The second-order valence-electron chi connectivity index (χ2n) is 6.28. The minimum Gasteiger partial charge on any atom is -0.545 e. The van der Waals surface area contributed by atoms with Gasteiger partial charge in [0.15, 0.2) is 0 Å². The van der Waals surface area contributed by atoms with E-state index >= 15 is 0 Å². The van der Waals surface area contributed by atoms with Crippen molar-refractivity contribution in [2.75, 3.05) is 0 Å². The predicted molar refractivity (Wildman–Crippen MR) is 106 cm³/mol. The summed E-state index contributed by atoms with van der Waals surface area (Å²) < 4.78 is 10.8. The molecule has 0 aliphatic carbocycles. The molecule has 0 spiro atoms. The molecule has 30 heavy (non-hydrogen) atoms. The van der Waals surface area contributed by atoms with Gasteiger partial charge in [-0.3, -0.25) is 4.79 Å². The van der Waals surface area contributed by atoms with Crippen molar-refractivity contribution in [1.82, 2.24) is 5.32 Å². The Kier molecular flexibility index (Phi) is 6.64. The number of hydrogen-bond donors (Lipinski definition) is 1. The van der Waals surface area contributed by atoms with Crippen LogP contribution >= 0.6 is 0 Å². The molecule has 3 aromatic rings. The molecule has 2 aromatic carbocycles. The van der Waals surface area contributed by atoms with E-state index in [2.05, 4.69) is 5.32 Å². The molecular weight excluding hydrogens is 384 g/mol. The van der Waals surface area contributed by atoms with Gasteiger partial charge in [0.2, 0.25) is 0 Å². The summed E-state index contributed by atoms with van der Waals surface area (Å²) in [5.74, 6) is -0.587. The van der Waals surface area contributed by atoms with E-state index in [1.165, 1.54) is 24.5 Å². The first-order chi connectivity index (χ1) is 14.5. The van der Waals surface area contributed by atoms with Crippen LogP contribution in [0.5, 0.6) is 5.75 Å². The Hall–Kier alpha value is -4.31. The van der Waals surface area contributed by atoms with Crippen LogP contribution in [0.15, 0.2) is 76.9 Å². The minimum absolute atomic E-state index is 0.0330. The lowest BCUT2D eigenvalue weighted by atomic mass is 10.1. The van der Waals surface area contributed by atoms with Crippen LogP contribution in [-0.2, 0) is 17.9 Å². The predicted octanol–water partition coefficient (Wildman–Crippen LogP) is 2.45. The maximum Gasteiger partial charge on any atom is 0.262 e. The summed E-state index contributed by atoms with van der Waals surface area (Å²) in [6.07, 6.45) is 2.98. The molecule has 7 heteroatoms. The summed E-state index contributed by atoms with van der Waals surface area (Å²) in [5, 5.41) is 22.8. The van der Waals surface area contributed by atoms with E-state index < -0.39 is 11.9 Å². The number of nitrogens with zero attached hydrogens (tertiary/aromatic N) is 1. The number of benzene rings is 2. The molecule has 0 saturated heterocycles. The number of carboxylic acids is 1. The van der Waals surface area contributed by atoms with Gasteiger partial charge in [-0.2, -0.15) is 5.26 Å². The third kappa shape index (κ3) is 5.59. The minimum atomic E-state index is -1.24. The van der Waals surface area contributed by atoms with E-state index in [0.29, 0.717) is 22.6 Å². The van der Waals surface area contributed by atoms with Crippen LogP contribution in [0.1, 0.15) is 27.2 Å². The Morgan fingerprint density at radius 3 is 2.60 bits per heavy atom. The summed E-state index contributed by atoms with van der Waals surface area (Å²) >= 11 is 0. The molecule has 0 unspecified atom stereocenters. The van der Waals surface area contributed by atoms with E-state index in [4.69, 9.17) is 9.15 Å². The number of ether oxygens (including phenoxy) is 1. The van der Waals surface area contributed by atoms with Crippen LogP contribution in [0.4, 0.5) is 0 Å². The van der Waals surface area contributed by atoms with Crippen molar-refractivity contribution >= 4 is 18.0 Å². The monoisotopic (exact) mass is 401 g/mol. The highest BCUT2D eigenvalue weighted by Crippen LogP contribution is 2.17. The molecule has 1 heterocycles. The Labute approximate surface area is 172 Å². The molecule has 0 atom stereocenters. The van der Waals surface area contributed by atoms with Gasteiger partial charge in [-0.05, 0) is 53.1 Å². The first-order valence-electron chi connectivity index (χ1n) is 9.00. The third-order valence-corrected chi connectivity index (χ3v) is 4.13. The molecule has 0 fully saturated rings. The molecule has 0 aliphatic rings. The second-order valence-corrected chi connectivity index (χ2v) is 6.28. The summed E-state index contributed by atoms with van der Waals surface area (Å²) in [7, 11) is 0. The molecule has 0 aliphatic heterocycles. The van der Waals surface area contributed by atoms with Crippen molar-refractivity contribution < 1.29 is 23.8 Å². The first-order valence-corrected chi connectivity index (χ1v) is 9.00. The standard InChI is InChI=1S/C23H18N2O5/c24-13-19(22(26)25-14-21-5-2-10-29-21)11-16-6-8-20(9-7-16)30-15-17-3-1-4-18(12-17)23(27)28/h1-12H,14-15H2,(H,25,26)(H,27,28)/p-1/b19-11+. The van der Waals surface area contributed by atoms with Gasteiger partial charge in [0.25, 0.3) is 5.91 Å². The zero-order valence-electron chi connectivity index (χ0n) is 15.8. The summed E-state index contributed by atoms with van der Waals surface area (Å²) in [6.45, 7) is 0.381. The summed E-state index contributed by atoms with van der Waals surface area (Å²) in [5.41, 5.74) is 1.41. The highest BCUT2D eigenvalue weighted by molar-refractivity contribution is 6.01. The van der Waals surface area contributed by atoms with E-state index in [0.717, 1.165) is 0 Å². The summed E-state index contributed by atoms with van der Waals surface area (Å²) in [4.78, 5) is 23.1. The van der Waals surface area contributed by atoms with Gasteiger partial charge < -0.3 is 24.4 Å². The summed E-state index contributed by atoms with van der Waals surface area (Å²) in [6, 6.07) is 18.5. The average molecular weight is 401 g/mol. The fraction of sp³-hybridized carbons (Fsp3) is 0.0870. The molecule has 1 aromatic heterocycles. The van der Waals surface area contributed by atoms with Crippen LogP contribution in [0, 0.1) is 11.3 Å². The van der Waals surface area contributed by atoms with E-state index in [1.807, 2.05) is 6.07 Å². The van der Waals surface area contributed by atoms with Gasteiger partial charge in [-0.15, -0.1) is 0 Å². The highest BCUT2D eigenvalue weighted by atomic mass is 16.5. The van der Waals surface area contributed by atoms with Crippen LogP contribution < -0.4 is 15.2 Å². The Balaban J connectivity index is 1.59. The fourth-order valence-corrected chi connectivity index (χ4v) is 2.61. The van der Waals surface area contributed by atoms with E-state index in [1.54, 1.807) is 48.5 Å². The smallest absolute Gasteiger partial charge is 0.262 e. The highest BCUT2D eigenvalue weighted by Gasteiger charge is 2.09. The Morgan fingerprint density at radius 1 is 1.13 bits per heavy atom. The normalized spacial score (nSPS) is 10.8. The van der Waals surface area contributed by atoms with Crippen molar-refractivity contribution in [1.29, 1.82) is 5.26 Å². The third-order valence-electron chi connectivity index (χ3n) is 4.13. The number of rotatable bonds is 8. The number of furan rings is 1. The molecule has 0 radical (unpaired) electrons. The van der Waals surface area contributed by atoms with Crippen molar-refractivity contribution in [3.8, 4) is 11.8 Å². The molecule has 1 amide bonds. The molecule has 7 nitrogen and oxygen atoms in total. The van der Waals surface area contributed by atoms with Crippen molar-refractivity contribution in [3.63, 3.8) is 0 Å². The van der Waals surface area contributed by atoms with E-state index in [9.17, 15) is 20.0 Å². The zero-order valence-corrected chi connectivity index (χ0v) is 15.8. The van der Waals surface area contributed by atoms with Gasteiger partial charge in [-0.25, -0.2) is 0 Å².